The Morgan fingerprint density at radius 2 is 2.29 bits per heavy atom. The van der Waals surface area contributed by atoms with Crippen molar-refractivity contribution >= 4 is 17.7 Å². The highest BCUT2D eigenvalue weighted by Crippen LogP contribution is 2.24. The summed E-state index contributed by atoms with van der Waals surface area (Å²) in [6, 6.07) is 0.570. The number of rotatable bonds is 7. The molecule has 1 saturated heterocycles. The Bertz CT molecular complexity index is 227. The van der Waals surface area contributed by atoms with Gasteiger partial charge in [-0.2, -0.15) is 11.8 Å². The fourth-order valence-electron chi connectivity index (χ4n) is 1.94. The zero-order valence-corrected chi connectivity index (χ0v) is 11.6. The van der Waals surface area contributed by atoms with Crippen molar-refractivity contribution in [2.45, 2.75) is 37.5 Å². The summed E-state index contributed by atoms with van der Waals surface area (Å²) >= 11 is 2.02. The van der Waals surface area contributed by atoms with Gasteiger partial charge in [-0.05, 0) is 18.6 Å². The Morgan fingerprint density at radius 3 is 3.00 bits per heavy atom. The van der Waals surface area contributed by atoms with E-state index in [1.54, 1.807) is 7.11 Å². The minimum absolute atomic E-state index is 0.102. The van der Waals surface area contributed by atoms with Crippen LogP contribution in [0.4, 0.5) is 0 Å². The lowest BCUT2D eigenvalue weighted by Gasteiger charge is -2.29. The third kappa shape index (κ3) is 6.29. The molecule has 5 heteroatoms. The second-order valence-electron chi connectivity index (χ2n) is 4.37. The lowest BCUT2D eigenvalue weighted by molar-refractivity contribution is -0.121. The number of carbonyl (C=O) groups excluding carboxylic acids is 1. The van der Waals surface area contributed by atoms with E-state index in [0.717, 1.165) is 6.54 Å². The van der Waals surface area contributed by atoms with Crippen LogP contribution in [0.5, 0.6) is 0 Å². The van der Waals surface area contributed by atoms with E-state index in [0.29, 0.717) is 30.9 Å². The SMILES string of the molecule is COCCNC(=O)CCNC1CCCSC1C. The van der Waals surface area contributed by atoms with Crippen LogP contribution in [0.25, 0.3) is 0 Å². The third-order valence-corrected chi connectivity index (χ3v) is 4.37. The smallest absolute Gasteiger partial charge is 0.221 e. The number of amides is 1. The Labute approximate surface area is 108 Å². The van der Waals surface area contributed by atoms with Crippen molar-refractivity contribution in [3.63, 3.8) is 0 Å². The number of ether oxygens (including phenoxy) is 1. The van der Waals surface area contributed by atoms with Gasteiger partial charge < -0.3 is 15.4 Å². The van der Waals surface area contributed by atoms with Crippen LogP contribution in [0.3, 0.4) is 0 Å². The van der Waals surface area contributed by atoms with Gasteiger partial charge in [0, 0.05) is 37.9 Å². The van der Waals surface area contributed by atoms with Crippen LogP contribution in [0.1, 0.15) is 26.2 Å². The first kappa shape index (κ1) is 14.8. The molecule has 17 heavy (non-hydrogen) atoms. The first-order chi connectivity index (χ1) is 8.24. The molecule has 0 radical (unpaired) electrons. The van der Waals surface area contributed by atoms with Crippen LogP contribution in [0, 0.1) is 0 Å². The summed E-state index contributed by atoms with van der Waals surface area (Å²) in [7, 11) is 1.63. The van der Waals surface area contributed by atoms with Gasteiger partial charge in [-0.1, -0.05) is 6.92 Å². The molecule has 0 spiro atoms. The predicted molar refractivity (Wildman–Crippen MR) is 72.4 cm³/mol. The van der Waals surface area contributed by atoms with Gasteiger partial charge >= 0.3 is 0 Å². The number of hydrogen-bond acceptors (Lipinski definition) is 4. The molecule has 2 N–H and O–H groups in total. The van der Waals surface area contributed by atoms with E-state index in [9.17, 15) is 4.79 Å². The minimum Gasteiger partial charge on any atom is -0.383 e. The molecule has 0 aliphatic carbocycles. The van der Waals surface area contributed by atoms with E-state index in [2.05, 4.69) is 17.6 Å². The van der Waals surface area contributed by atoms with Crippen LogP contribution < -0.4 is 10.6 Å². The molecule has 1 aliphatic heterocycles. The van der Waals surface area contributed by atoms with Crippen LogP contribution in [-0.4, -0.2) is 49.8 Å². The second kappa shape index (κ2) is 8.78. The summed E-state index contributed by atoms with van der Waals surface area (Å²) in [4.78, 5) is 11.4. The molecule has 1 fully saturated rings. The first-order valence-electron chi connectivity index (χ1n) is 6.34. The number of methoxy groups -OCH3 is 1. The maximum atomic E-state index is 11.4. The monoisotopic (exact) mass is 260 g/mol. The van der Waals surface area contributed by atoms with Gasteiger partial charge in [0.1, 0.15) is 0 Å². The summed E-state index contributed by atoms with van der Waals surface area (Å²) in [5.41, 5.74) is 0. The highest BCUT2D eigenvalue weighted by Gasteiger charge is 2.20. The average Bonchev–Trinajstić information content (AvgIpc) is 2.32. The van der Waals surface area contributed by atoms with Crippen molar-refractivity contribution in [1.29, 1.82) is 0 Å². The summed E-state index contributed by atoms with van der Waals surface area (Å²) in [6.45, 7) is 4.22. The van der Waals surface area contributed by atoms with Crippen LogP contribution in [0.15, 0.2) is 0 Å². The molecule has 2 atom stereocenters. The zero-order valence-electron chi connectivity index (χ0n) is 10.8. The van der Waals surface area contributed by atoms with Gasteiger partial charge in [0.05, 0.1) is 6.61 Å². The topological polar surface area (TPSA) is 50.4 Å². The molecule has 1 amide bonds. The number of thioether (sulfide) groups is 1. The van der Waals surface area contributed by atoms with Crippen molar-refractivity contribution in [3.8, 4) is 0 Å². The van der Waals surface area contributed by atoms with Crippen LogP contribution in [0.2, 0.25) is 0 Å². The molecule has 4 nitrogen and oxygen atoms in total. The quantitative estimate of drug-likeness (QED) is 0.671. The molecule has 0 aromatic heterocycles. The summed E-state index contributed by atoms with van der Waals surface area (Å²) in [6.07, 6.45) is 3.07. The van der Waals surface area contributed by atoms with E-state index in [4.69, 9.17) is 4.74 Å². The van der Waals surface area contributed by atoms with Crippen molar-refractivity contribution in [1.82, 2.24) is 10.6 Å². The first-order valence-corrected chi connectivity index (χ1v) is 7.39. The van der Waals surface area contributed by atoms with E-state index < -0.39 is 0 Å². The second-order valence-corrected chi connectivity index (χ2v) is 5.86. The molecule has 1 rings (SSSR count). The largest absolute Gasteiger partial charge is 0.383 e. The maximum absolute atomic E-state index is 11.4. The molecule has 1 heterocycles. The van der Waals surface area contributed by atoms with Crippen molar-refractivity contribution in [3.05, 3.63) is 0 Å². The molecule has 0 aromatic carbocycles. The van der Waals surface area contributed by atoms with E-state index in [1.807, 2.05) is 11.8 Å². The normalized spacial score (nSPS) is 24.6. The highest BCUT2D eigenvalue weighted by atomic mass is 32.2. The number of carbonyl (C=O) groups is 1. The Hall–Kier alpha value is -0.260. The summed E-state index contributed by atoms with van der Waals surface area (Å²) < 4.78 is 4.87. The minimum atomic E-state index is 0.102. The third-order valence-electron chi connectivity index (χ3n) is 2.99. The zero-order chi connectivity index (χ0) is 12.5. The van der Waals surface area contributed by atoms with Crippen molar-refractivity contribution in [2.75, 3.05) is 32.6 Å². The van der Waals surface area contributed by atoms with Gasteiger partial charge in [-0.3, -0.25) is 4.79 Å². The summed E-state index contributed by atoms with van der Waals surface area (Å²) in [5, 5.41) is 6.97. The summed E-state index contributed by atoms with van der Waals surface area (Å²) in [5.74, 6) is 1.38. The van der Waals surface area contributed by atoms with Gasteiger partial charge in [0.2, 0.25) is 5.91 Å². The van der Waals surface area contributed by atoms with Crippen LogP contribution >= 0.6 is 11.8 Å². The molecular formula is C12H24N2O2S. The fourth-order valence-corrected chi connectivity index (χ4v) is 3.11. The predicted octanol–water partition coefficient (Wildman–Crippen LogP) is 1.01. The molecule has 0 saturated carbocycles. The van der Waals surface area contributed by atoms with Crippen LogP contribution in [-0.2, 0) is 9.53 Å². The molecule has 0 aromatic rings. The molecule has 0 bridgehead atoms. The molecular weight excluding hydrogens is 236 g/mol. The lowest BCUT2D eigenvalue weighted by atomic mass is 10.1. The average molecular weight is 260 g/mol. The van der Waals surface area contributed by atoms with E-state index in [1.165, 1.54) is 18.6 Å². The van der Waals surface area contributed by atoms with Gasteiger partial charge in [0.25, 0.3) is 0 Å². The van der Waals surface area contributed by atoms with E-state index in [-0.39, 0.29) is 5.91 Å². The van der Waals surface area contributed by atoms with Crippen molar-refractivity contribution in [2.24, 2.45) is 0 Å². The van der Waals surface area contributed by atoms with Gasteiger partial charge in [0.15, 0.2) is 0 Å². The Balaban J connectivity index is 2.04. The Kier molecular flexibility index (Phi) is 7.64. The maximum Gasteiger partial charge on any atom is 0.221 e. The number of nitrogens with one attached hydrogen (secondary N) is 2. The lowest BCUT2D eigenvalue weighted by Crippen LogP contribution is -2.41. The Morgan fingerprint density at radius 1 is 1.47 bits per heavy atom. The molecule has 1 aliphatic rings. The van der Waals surface area contributed by atoms with Gasteiger partial charge in [-0.15, -0.1) is 0 Å². The molecule has 2 unspecified atom stereocenters. The molecule has 100 valence electrons. The van der Waals surface area contributed by atoms with Gasteiger partial charge in [-0.25, -0.2) is 0 Å². The van der Waals surface area contributed by atoms with E-state index >= 15 is 0 Å². The van der Waals surface area contributed by atoms with Crippen molar-refractivity contribution < 1.29 is 9.53 Å². The number of hydrogen-bond donors (Lipinski definition) is 2. The standard InChI is InChI=1S/C12H24N2O2S/c1-10-11(4-3-9-17-10)13-6-5-12(15)14-7-8-16-2/h10-11,13H,3-9H2,1-2H3,(H,14,15). The fraction of sp³-hybridized carbons (Fsp3) is 0.917. The highest BCUT2D eigenvalue weighted by molar-refractivity contribution is 7.99.